The molecule has 0 saturated carbocycles. The van der Waals surface area contributed by atoms with Crippen LogP contribution in [-0.4, -0.2) is 20.8 Å². The molecule has 0 saturated heterocycles. The highest BCUT2D eigenvalue weighted by Crippen LogP contribution is 2.43. The van der Waals surface area contributed by atoms with Crippen LogP contribution in [0.15, 0.2) is 225 Å². The Morgan fingerprint density at radius 3 is 1.61 bits per heavy atom. The zero-order chi connectivity index (χ0) is 45.3. The number of aliphatic imine (C=N–C) groups is 2. The van der Waals surface area contributed by atoms with Crippen LogP contribution >= 0.6 is 0 Å². The Morgan fingerprint density at radius 1 is 0.420 bits per heavy atom. The summed E-state index contributed by atoms with van der Waals surface area (Å²) in [4.78, 5) is 11.7. The number of allylic oxidation sites excluding steroid dienone is 1. The smallest absolute Gasteiger partial charge is 0.235 e. The summed E-state index contributed by atoms with van der Waals surface area (Å²) in [6.45, 7) is 2.30. The molecule has 69 heavy (non-hydrogen) atoms. The van der Waals surface area contributed by atoms with E-state index in [0.717, 1.165) is 105 Å². The summed E-state index contributed by atoms with van der Waals surface area (Å²) in [6.07, 6.45) is 2.98. The molecule has 0 spiro atoms. The van der Waals surface area contributed by atoms with Crippen molar-refractivity contribution < 1.29 is 8.83 Å². The average molecular weight is 885 g/mol. The Morgan fingerprint density at radius 2 is 0.957 bits per heavy atom. The highest BCUT2D eigenvalue weighted by Gasteiger charge is 2.29. The van der Waals surface area contributed by atoms with Gasteiger partial charge in [-0.25, -0.2) is 9.98 Å². The minimum Gasteiger partial charge on any atom is -0.456 e. The lowest BCUT2D eigenvalue weighted by molar-refractivity contribution is 0.666. The van der Waals surface area contributed by atoms with E-state index in [9.17, 15) is 0 Å². The zero-order valence-corrected chi connectivity index (χ0v) is 37.5. The van der Waals surface area contributed by atoms with Crippen molar-refractivity contribution in [2.75, 3.05) is 0 Å². The molecule has 0 radical (unpaired) electrons. The van der Waals surface area contributed by atoms with Gasteiger partial charge in [0.2, 0.25) is 5.96 Å². The van der Waals surface area contributed by atoms with E-state index in [2.05, 4.69) is 204 Å². The number of rotatable bonds is 3. The number of fused-ring (bicyclic) bond motifs is 14. The molecule has 6 nitrogen and oxygen atoms in total. The largest absolute Gasteiger partial charge is 0.456 e. The molecule has 1 aliphatic heterocycles. The van der Waals surface area contributed by atoms with Crippen molar-refractivity contribution in [2.24, 2.45) is 15.9 Å². The maximum atomic E-state index is 7.12. The van der Waals surface area contributed by atoms with Gasteiger partial charge in [0.05, 0.1) is 44.7 Å². The SMILES string of the molecule is CC1C/C=C(\c2ccc3oc4ccccc4c3c2)N=C(n2c3ccccc3c3ccccc32)N=C1c1c(-n2c3cc4ccccc4cc3c3cc4ccccc4cc32)ccc2c1oc1ccccc12. The summed E-state index contributed by atoms with van der Waals surface area (Å²) in [7, 11) is 0. The third-order valence-corrected chi connectivity index (χ3v) is 14.5. The van der Waals surface area contributed by atoms with E-state index in [1.54, 1.807) is 0 Å². The Labute approximate surface area is 394 Å². The Balaban J connectivity index is 1.07. The molecule has 0 fully saturated rings. The molecule has 1 unspecified atom stereocenters. The van der Waals surface area contributed by atoms with E-state index in [1.807, 2.05) is 18.2 Å². The van der Waals surface area contributed by atoms with Gasteiger partial charge in [-0.3, -0.25) is 4.57 Å². The van der Waals surface area contributed by atoms with Gasteiger partial charge in [-0.1, -0.05) is 134 Å². The van der Waals surface area contributed by atoms with Crippen LogP contribution in [0.5, 0.6) is 0 Å². The summed E-state index contributed by atoms with van der Waals surface area (Å²) in [5.41, 5.74) is 12.4. The first-order chi connectivity index (χ1) is 34.1. The molecule has 6 heteroatoms. The molecule has 324 valence electrons. The van der Waals surface area contributed by atoms with Crippen molar-refractivity contribution in [3.05, 3.63) is 217 Å². The Kier molecular flexibility index (Phi) is 8.01. The predicted octanol–water partition coefficient (Wildman–Crippen LogP) is 16.8. The molecule has 15 rings (SSSR count). The minimum atomic E-state index is -0.0793. The first-order valence-electron chi connectivity index (χ1n) is 23.7. The van der Waals surface area contributed by atoms with Crippen molar-refractivity contribution >= 4 is 126 Å². The van der Waals surface area contributed by atoms with E-state index < -0.39 is 0 Å². The van der Waals surface area contributed by atoms with E-state index in [0.29, 0.717) is 12.4 Å². The van der Waals surface area contributed by atoms with Crippen LogP contribution in [0, 0.1) is 5.92 Å². The predicted molar refractivity (Wildman–Crippen MR) is 287 cm³/mol. The van der Waals surface area contributed by atoms with Crippen LogP contribution in [0.25, 0.3) is 120 Å². The number of hydrogen-bond donors (Lipinski definition) is 0. The van der Waals surface area contributed by atoms with Crippen LogP contribution in [0.3, 0.4) is 0 Å². The van der Waals surface area contributed by atoms with Crippen molar-refractivity contribution in [2.45, 2.75) is 13.3 Å². The lowest BCUT2D eigenvalue weighted by Gasteiger charge is -2.22. The first-order valence-corrected chi connectivity index (χ1v) is 23.7. The summed E-state index contributed by atoms with van der Waals surface area (Å²) < 4.78 is 18.1. The Bertz CT molecular complexity index is 4460. The highest BCUT2D eigenvalue weighted by molar-refractivity contribution is 6.24. The monoisotopic (exact) mass is 884 g/mol. The molecule has 0 bridgehead atoms. The van der Waals surface area contributed by atoms with E-state index >= 15 is 0 Å². The molecule has 0 N–H and O–H groups in total. The quantitative estimate of drug-likeness (QED) is 0.177. The number of para-hydroxylation sites is 4. The van der Waals surface area contributed by atoms with Gasteiger partial charge >= 0.3 is 0 Å². The van der Waals surface area contributed by atoms with E-state index in [4.69, 9.17) is 18.8 Å². The average Bonchev–Trinajstić information content (AvgIpc) is 4.14. The number of furan rings is 2. The summed E-state index contributed by atoms with van der Waals surface area (Å²) in [5, 5.41) is 13.7. The normalized spacial score (nSPS) is 15.6. The molecule has 5 heterocycles. The van der Waals surface area contributed by atoms with Crippen LogP contribution in [0.1, 0.15) is 24.5 Å². The second-order valence-electron chi connectivity index (χ2n) is 18.5. The van der Waals surface area contributed by atoms with Crippen LogP contribution in [0.4, 0.5) is 0 Å². The van der Waals surface area contributed by atoms with Crippen LogP contribution in [-0.2, 0) is 0 Å². The van der Waals surface area contributed by atoms with Crippen molar-refractivity contribution in [3.63, 3.8) is 0 Å². The van der Waals surface area contributed by atoms with E-state index in [-0.39, 0.29) is 5.92 Å². The van der Waals surface area contributed by atoms with Crippen LogP contribution < -0.4 is 0 Å². The van der Waals surface area contributed by atoms with Gasteiger partial charge in [-0.05, 0) is 107 Å². The molecular formula is C63H40N4O2. The van der Waals surface area contributed by atoms with Crippen molar-refractivity contribution in [1.82, 2.24) is 9.13 Å². The molecule has 1 atom stereocenters. The summed E-state index contributed by atoms with van der Waals surface area (Å²) in [5.74, 6) is 0.500. The third-order valence-electron chi connectivity index (χ3n) is 14.5. The molecule has 14 aromatic rings. The Hall–Kier alpha value is -9.00. The third kappa shape index (κ3) is 5.66. The number of benzene rings is 10. The van der Waals surface area contributed by atoms with Gasteiger partial charge in [0.1, 0.15) is 22.3 Å². The van der Waals surface area contributed by atoms with Gasteiger partial charge in [-0.15, -0.1) is 0 Å². The summed E-state index contributed by atoms with van der Waals surface area (Å²) >= 11 is 0. The first kappa shape index (κ1) is 38.1. The van der Waals surface area contributed by atoms with Gasteiger partial charge in [-0.2, -0.15) is 0 Å². The lowest BCUT2D eigenvalue weighted by Crippen LogP contribution is -2.21. The standard InChI is InChI=1S/C63H40N4O2/c1-37-26-29-51(42-27-31-59-50(34-42)46-21-9-12-24-57(46)68-59)64-63(67-52-22-10-6-18-43(52)44-19-7-11-23-53(44)67)65-61(37)60-54(30-28-47-45-20-8-13-25-58(45)69-62(47)60)66-55-35-40-16-4-2-14-38(40)32-48(55)49-33-39-15-3-5-17-41(39)36-56(49)66/h2-25,27-37H,26H2,1H3/b51-29+,64-63?,65-61?. The van der Waals surface area contributed by atoms with Crippen molar-refractivity contribution in [1.29, 1.82) is 0 Å². The van der Waals surface area contributed by atoms with Gasteiger partial charge in [0.15, 0.2) is 0 Å². The molecule has 1 aliphatic rings. The second kappa shape index (κ2) is 14.5. The molecule has 10 aromatic carbocycles. The van der Waals surface area contributed by atoms with Crippen LogP contribution in [0.2, 0.25) is 0 Å². The zero-order valence-electron chi connectivity index (χ0n) is 37.5. The van der Waals surface area contributed by atoms with Gasteiger partial charge in [0, 0.05) is 54.6 Å². The molecular weight excluding hydrogens is 845 g/mol. The fraction of sp³-hybridized carbons (Fsp3) is 0.0476. The second-order valence-corrected chi connectivity index (χ2v) is 18.5. The van der Waals surface area contributed by atoms with Gasteiger partial charge < -0.3 is 13.4 Å². The topological polar surface area (TPSA) is 60.9 Å². The fourth-order valence-electron chi connectivity index (χ4n) is 11.3. The number of hydrogen-bond acceptors (Lipinski definition) is 4. The lowest BCUT2D eigenvalue weighted by atomic mass is 9.91. The maximum Gasteiger partial charge on any atom is 0.235 e. The van der Waals surface area contributed by atoms with Crippen molar-refractivity contribution in [3.8, 4) is 5.69 Å². The molecule has 0 amide bonds. The van der Waals surface area contributed by atoms with Gasteiger partial charge in [0.25, 0.3) is 0 Å². The minimum absolute atomic E-state index is 0.0793. The molecule has 0 aliphatic carbocycles. The highest BCUT2D eigenvalue weighted by atomic mass is 16.3. The summed E-state index contributed by atoms with van der Waals surface area (Å²) in [6, 6.07) is 71.5. The maximum absolute atomic E-state index is 7.12. The molecule has 4 aromatic heterocycles. The number of aromatic nitrogens is 2. The number of nitrogens with zero attached hydrogens (tertiary/aromatic N) is 4. The van der Waals surface area contributed by atoms with E-state index in [1.165, 1.54) is 32.3 Å². The fourth-order valence-corrected chi connectivity index (χ4v) is 11.3.